The third-order valence-corrected chi connectivity index (χ3v) is 4.36. The average molecular weight is 273 g/mol. The summed E-state index contributed by atoms with van der Waals surface area (Å²) in [6.45, 7) is 2.05. The lowest BCUT2D eigenvalue weighted by Gasteiger charge is -1.97. The van der Waals surface area contributed by atoms with Crippen molar-refractivity contribution in [3.8, 4) is 0 Å². The highest BCUT2D eigenvalue weighted by Gasteiger charge is 2.18. The molecule has 0 atom stereocenters. The molecule has 3 rings (SSSR count). The van der Waals surface area contributed by atoms with Crippen molar-refractivity contribution >= 4 is 28.0 Å². The summed E-state index contributed by atoms with van der Waals surface area (Å²) in [7, 11) is 0. The molecule has 0 aliphatic rings. The van der Waals surface area contributed by atoms with Gasteiger partial charge in [-0.25, -0.2) is 4.39 Å². The van der Waals surface area contributed by atoms with E-state index < -0.39 is 0 Å². The monoisotopic (exact) mass is 273 g/mol. The van der Waals surface area contributed by atoms with Gasteiger partial charge in [0.05, 0.1) is 10.4 Å². The first-order valence-electron chi connectivity index (χ1n) is 6.09. The van der Waals surface area contributed by atoms with Crippen molar-refractivity contribution in [1.82, 2.24) is 4.98 Å². The number of carbonyl (C=O) groups excluding carboxylic acids is 1. The van der Waals surface area contributed by atoms with Gasteiger partial charge in [-0.05, 0) is 30.7 Å². The summed E-state index contributed by atoms with van der Waals surface area (Å²) in [6, 6.07) is 8.53. The molecule has 19 heavy (non-hydrogen) atoms. The fourth-order valence-corrected chi connectivity index (χ4v) is 3.04. The van der Waals surface area contributed by atoms with E-state index in [0.717, 1.165) is 11.3 Å². The Kier molecular flexibility index (Phi) is 2.95. The van der Waals surface area contributed by atoms with E-state index in [1.807, 2.05) is 19.1 Å². The average Bonchev–Trinajstić information content (AvgIpc) is 3.05. The summed E-state index contributed by atoms with van der Waals surface area (Å²) in [6.07, 6.45) is 2.49. The SMILES string of the molecule is CCc1ccc(C(=O)c2c[nH]c3cccc(F)c23)s1. The zero-order valence-electron chi connectivity index (χ0n) is 10.4. The molecule has 2 heterocycles. The number of thiophene rings is 1. The first-order chi connectivity index (χ1) is 9.20. The number of H-pyrrole nitrogens is 1. The number of hydrogen-bond acceptors (Lipinski definition) is 2. The standard InChI is InChI=1S/C15H12FNOS/c1-2-9-6-7-13(19-9)15(18)10-8-17-12-5-3-4-11(16)14(10)12/h3-8,17H,2H2,1H3. The lowest BCUT2D eigenvalue weighted by molar-refractivity contribution is 0.104. The minimum absolute atomic E-state index is 0.124. The number of ketones is 1. The molecule has 0 spiro atoms. The van der Waals surface area contributed by atoms with Gasteiger partial charge in [0.15, 0.2) is 0 Å². The molecule has 2 nitrogen and oxygen atoms in total. The van der Waals surface area contributed by atoms with E-state index in [1.165, 1.54) is 17.4 Å². The van der Waals surface area contributed by atoms with E-state index in [2.05, 4.69) is 4.98 Å². The van der Waals surface area contributed by atoms with E-state index in [-0.39, 0.29) is 11.6 Å². The maximum Gasteiger partial charge on any atom is 0.205 e. The predicted octanol–water partition coefficient (Wildman–Crippen LogP) is 4.16. The van der Waals surface area contributed by atoms with Crippen molar-refractivity contribution in [2.75, 3.05) is 0 Å². The largest absolute Gasteiger partial charge is 0.360 e. The molecule has 3 aromatic rings. The molecule has 0 saturated heterocycles. The molecule has 0 amide bonds. The number of carbonyl (C=O) groups is 1. The predicted molar refractivity (Wildman–Crippen MR) is 75.4 cm³/mol. The number of benzene rings is 1. The van der Waals surface area contributed by atoms with E-state index in [0.29, 0.717) is 21.3 Å². The normalized spacial score (nSPS) is 11.1. The Labute approximate surface area is 113 Å². The van der Waals surface area contributed by atoms with Crippen LogP contribution in [0.1, 0.15) is 27.0 Å². The third-order valence-electron chi connectivity index (χ3n) is 3.13. The number of aromatic amines is 1. The summed E-state index contributed by atoms with van der Waals surface area (Å²) >= 11 is 1.47. The fraction of sp³-hybridized carbons (Fsp3) is 0.133. The second-order valence-corrected chi connectivity index (χ2v) is 5.48. The molecule has 1 aromatic carbocycles. The minimum Gasteiger partial charge on any atom is -0.360 e. The molecule has 0 bridgehead atoms. The zero-order valence-corrected chi connectivity index (χ0v) is 11.2. The Bertz CT molecular complexity index is 756. The first kappa shape index (κ1) is 12.1. The first-order valence-corrected chi connectivity index (χ1v) is 6.91. The second kappa shape index (κ2) is 4.63. The summed E-state index contributed by atoms with van der Waals surface area (Å²) in [5.74, 6) is -0.490. The molecule has 0 unspecified atom stereocenters. The lowest BCUT2D eigenvalue weighted by Crippen LogP contribution is -1.97. The molecule has 96 valence electrons. The van der Waals surface area contributed by atoms with Gasteiger partial charge in [-0.1, -0.05) is 13.0 Å². The molecule has 0 saturated carbocycles. The van der Waals surface area contributed by atoms with E-state index in [4.69, 9.17) is 0 Å². The van der Waals surface area contributed by atoms with Crippen LogP contribution in [0, 0.1) is 5.82 Å². The molecule has 0 fully saturated rings. The van der Waals surface area contributed by atoms with Crippen molar-refractivity contribution < 1.29 is 9.18 Å². The van der Waals surface area contributed by atoms with Crippen molar-refractivity contribution in [2.45, 2.75) is 13.3 Å². The Hall–Kier alpha value is -1.94. The van der Waals surface area contributed by atoms with Gasteiger partial charge >= 0.3 is 0 Å². The molecular weight excluding hydrogens is 261 g/mol. The van der Waals surface area contributed by atoms with Crippen LogP contribution in [-0.2, 0) is 6.42 Å². The van der Waals surface area contributed by atoms with Crippen LogP contribution in [0.25, 0.3) is 10.9 Å². The number of aryl methyl sites for hydroxylation is 1. The second-order valence-electron chi connectivity index (χ2n) is 4.31. The quantitative estimate of drug-likeness (QED) is 0.714. The maximum absolute atomic E-state index is 13.9. The highest BCUT2D eigenvalue weighted by atomic mass is 32.1. The Morgan fingerprint density at radius 2 is 2.16 bits per heavy atom. The lowest BCUT2D eigenvalue weighted by atomic mass is 10.1. The Morgan fingerprint density at radius 1 is 1.32 bits per heavy atom. The van der Waals surface area contributed by atoms with Crippen LogP contribution in [0.4, 0.5) is 4.39 Å². The molecule has 0 aliphatic heterocycles. The molecule has 0 radical (unpaired) electrons. The number of aromatic nitrogens is 1. The van der Waals surface area contributed by atoms with Crippen LogP contribution in [0.15, 0.2) is 36.5 Å². The number of nitrogens with one attached hydrogen (secondary N) is 1. The molecule has 0 aliphatic carbocycles. The Morgan fingerprint density at radius 3 is 2.89 bits per heavy atom. The van der Waals surface area contributed by atoms with Gasteiger partial charge in [0.2, 0.25) is 5.78 Å². The Balaban J connectivity index is 2.11. The minimum atomic E-state index is -0.366. The van der Waals surface area contributed by atoms with Crippen LogP contribution in [0.3, 0.4) is 0 Å². The zero-order chi connectivity index (χ0) is 13.4. The van der Waals surface area contributed by atoms with Gasteiger partial charge in [0, 0.05) is 22.0 Å². The van der Waals surface area contributed by atoms with E-state index in [9.17, 15) is 9.18 Å². The van der Waals surface area contributed by atoms with Gasteiger partial charge in [0.25, 0.3) is 0 Å². The smallest absolute Gasteiger partial charge is 0.205 e. The molecule has 2 aromatic heterocycles. The molecule has 4 heteroatoms. The number of halogens is 1. The van der Waals surface area contributed by atoms with E-state index >= 15 is 0 Å². The van der Waals surface area contributed by atoms with Crippen LogP contribution < -0.4 is 0 Å². The van der Waals surface area contributed by atoms with Crippen molar-refractivity contribution in [2.24, 2.45) is 0 Å². The summed E-state index contributed by atoms with van der Waals surface area (Å²) in [5, 5.41) is 0.374. The number of hydrogen-bond donors (Lipinski definition) is 1. The third kappa shape index (κ3) is 1.98. The van der Waals surface area contributed by atoms with Crippen molar-refractivity contribution in [3.63, 3.8) is 0 Å². The van der Waals surface area contributed by atoms with Gasteiger partial charge in [-0.3, -0.25) is 4.79 Å². The maximum atomic E-state index is 13.9. The van der Waals surface area contributed by atoms with Crippen molar-refractivity contribution in [3.05, 3.63) is 57.7 Å². The fourth-order valence-electron chi connectivity index (χ4n) is 2.14. The topological polar surface area (TPSA) is 32.9 Å². The highest BCUT2D eigenvalue weighted by Crippen LogP contribution is 2.26. The summed E-state index contributed by atoms with van der Waals surface area (Å²) in [5.41, 5.74) is 1.05. The van der Waals surface area contributed by atoms with Crippen LogP contribution in [-0.4, -0.2) is 10.8 Å². The molecule has 1 N–H and O–H groups in total. The van der Waals surface area contributed by atoms with Crippen molar-refractivity contribution in [1.29, 1.82) is 0 Å². The van der Waals surface area contributed by atoms with Crippen LogP contribution in [0.2, 0.25) is 0 Å². The number of rotatable bonds is 3. The summed E-state index contributed by atoms with van der Waals surface area (Å²) in [4.78, 5) is 17.2. The van der Waals surface area contributed by atoms with Crippen LogP contribution >= 0.6 is 11.3 Å². The van der Waals surface area contributed by atoms with E-state index in [1.54, 1.807) is 18.3 Å². The highest BCUT2D eigenvalue weighted by molar-refractivity contribution is 7.14. The molecular formula is C15H12FNOS. The van der Waals surface area contributed by atoms with Gasteiger partial charge in [-0.15, -0.1) is 11.3 Å². The van der Waals surface area contributed by atoms with Gasteiger partial charge in [0.1, 0.15) is 5.82 Å². The van der Waals surface area contributed by atoms with Gasteiger partial charge in [-0.2, -0.15) is 0 Å². The number of fused-ring (bicyclic) bond motifs is 1. The van der Waals surface area contributed by atoms with Crippen LogP contribution in [0.5, 0.6) is 0 Å². The summed E-state index contributed by atoms with van der Waals surface area (Å²) < 4.78 is 13.9. The van der Waals surface area contributed by atoms with Gasteiger partial charge < -0.3 is 4.98 Å².